The molecule has 0 bridgehead atoms. The minimum absolute atomic E-state index is 0.223. The Morgan fingerprint density at radius 2 is 2.26 bits per heavy atom. The summed E-state index contributed by atoms with van der Waals surface area (Å²) in [5.41, 5.74) is 1.74. The summed E-state index contributed by atoms with van der Waals surface area (Å²) >= 11 is 0. The Bertz CT molecular complexity index is 609. The first-order valence-corrected chi connectivity index (χ1v) is 6.25. The van der Waals surface area contributed by atoms with Gasteiger partial charge in [-0.15, -0.1) is 0 Å². The average molecular weight is 255 g/mol. The Morgan fingerprint density at radius 3 is 3.05 bits per heavy atom. The molecule has 0 radical (unpaired) electrons. The van der Waals surface area contributed by atoms with Crippen molar-refractivity contribution in [2.45, 2.75) is 18.8 Å². The lowest BCUT2D eigenvalue weighted by molar-refractivity contribution is 0.192. The second-order valence-corrected chi connectivity index (χ2v) is 4.51. The van der Waals surface area contributed by atoms with Gasteiger partial charge in [0.05, 0.1) is 19.1 Å². The molecule has 1 aromatic carbocycles. The van der Waals surface area contributed by atoms with E-state index < -0.39 is 0 Å². The molecule has 0 spiro atoms. The SMILES string of the molecule is N#CCc1ccccc1-c1nc(C2CCOC2)no1. The standard InChI is InChI=1S/C14H13N3O2/c15-7-5-10-3-1-2-4-12(10)14-16-13(17-19-14)11-6-8-18-9-11/h1-4,11H,5-6,8-9H2. The second kappa shape index (κ2) is 5.21. The van der Waals surface area contributed by atoms with Crippen molar-refractivity contribution in [2.75, 3.05) is 13.2 Å². The third-order valence-electron chi connectivity index (χ3n) is 3.25. The molecule has 5 nitrogen and oxygen atoms in total. The number of rotatable bonds is 3. The van der Waals surface area contributed by atoms with E-state index in [0.717, 1.165) is 24.2 Å². The quantitative estimate of drug-likeness (QED) is 0.841. The number of ether oxygens (including phenoxy) is 1. The molecule has 0 N–H and O–H groups in total. The van der Waals surface area contributed by atoms with E-state index in [1.165, 1.54) is 0 Å². The van der Waals surface area contributed by atoms with E-state index in [1.54, 1.807) is 0 Å². The summed E-state index contributed by atoms with van der Waals surface area (Å²) in [4.78, 5) is 4.44. The van der Waals surface area contributed by atoms with Crippen molar-refractivity contribution in [3.8, 4) is 17.5 Å². The first kappa shape index (κ1) is 11.9. The highest BCUT2D eigenvalue weighted by Gasteiger charge is 2.23. The summed E-state index contributed by atoms with van der Waals surface area (Å²) in [5, 5.41) is 12.9. The smallest absolute Gasteiger partial charge is 0.258 e. The van der Waals surface area contributed by atoms with Gasteiger partial charge >= 0.3 is 0 Å². The van der Waals surface area contributed by atoms with Gasteiger partial charge in [0.15, 0.2) is 5.82 Å². The van der Waals surface area contributed by atoms with E-state index in [4.69, 9.17) is 14.5 Å². The lowest BCUT2D eigenvalue weighted by atomic mass is 10.1. The Balaban J connectivity index is 1.92. The predicted molar refractivity (Wildman–Crippen MR) is 67.2 cm³/mol. The number of nitrogens with zero attached hydrogens (tertiary/aromatic N) is 3. The maximum absolute atomic E-state index is 8.84. The molecule has 1 saturated heterocycles. The van der Waals surface area contributed by atoms with E-state index in [2.05, 4.69) is 16.2 Å². The van der Waals surface area contributed by atoms with Crippen molar-refractivity contribution in [3.05, 3.63) is 35.7 Å². The minimum Gasteiger partial charge on any atom is -0.381 e. The van der Waals surface area contributed by atoms with Gasteiger partial charge in [0, 0.05) is 18.1 Å². The fourth-order valence-electron chi connectivity index (χ4n) is 2.22. The first-order valence-electron chi connectivity index (χ1n) is 6.25. The zero-order chi connectivity index (χ0) is 13.1. The van der Waals surface area contributed by atoms with Gasteiger partial charge in [0.2, 0.25) is 0 Å². The van der Waals surface area contributed by atoms with Crippen molar-refractivity contribution in [1.29, 1.82) is 5.26 Å². The summed E-state index contributed by atoms with van der Waals surface area (Å²) in [6.45, 7) is 1.40. The molecular formula is C14H13N3O2. The van der Waals surface area contributed by atoms with Crippen LogP contribution in [0.15, 0.2) is 28.8 Å². The largest absolute Gasteiger partial charge is 0.381 e. The van der Waals surface area contributed by atoms with E-state index in [9.17, 15) is 0 Å². The third-order valence-corrected chi connectivity index (χ3v) is 3.25. The Kier molecular flexibility index (Phi) is 3.25. The molecule has 2 aromatic rings. The molecule has 5 heteroatoms. The number of aromatic nitrogens is 2. The van der Waals surface area contributed by atoms with Crippen LogP contribution in [0.1, 0.15) is 23.7 Å². The maximum Gasteiger partial charge on any atom is 0.258 e. The monoisotopic (exact) mass is 255 g/mol. The van der Waals surface area contributed by atoms with Crippen LogP contribution in [0.25, 0.3) is 11.5 Å². The fourth-order valence-corrected chi connectivity index (χ4v) is 2.22. The van der Waals surface area contributed by atoms with Gasteiger partial charge in [-0.25, -0.2) is 0 Å². The highest BCUT2D eigenvalue weighted by molar-refractivity contribution is 5.59. The van der Waals surface area contributed by atoms with Gasteiger partial charge in [0.1, 0.15) is 0 Å². The van der Waals surface area contributed by atoms with Crippen LogP contribution in [0.4, 0.5) is 0 Å². The minimum atomic E-state index is 0.223. The molecule has 1 aliphatic heterocycles. The normalized spacial score (nSPS) is 18.4. The van der Waals surface area contributed by atoms with Crippen LogP contribution in [0, 0.1) is 11.3 Å². The summed E-state index contributed by atoms with van der Waals surface area (Å²) in [6, 6.07) is 9.75. The van der Waals surface area contributed by atoms with Crippen molar-refractivity contribution < 1.29 is 9.26 Å². The Hall–Kier alpha value is -2.19. The number of benzene rings is 1. The molecule has 1 aromatic heterocycles. The number of hydrogen-bond acceptors (Lipinski definition) is 5. The van der Waals surface area contributed by atoms with E-state index in [0.29, 0.717) is 24.7 Å². The van der Waals surface area contributed by atoms with Crippen molar-refractivity contribution in [3.63, 3.8) is 0 Å². The molecule has 0 amide bonds. The zero-order valence-corrected chi connectivity index (χ0v) is 10.4. The molecular weight excluding hydrogens is 242 g/mol. The van der Waals surface area contributed by atoms with Crippen molar-refractivity contribution in [1.82, 2.24) is 10.1 Å². The Morgan fingerprint density at radius 1 is 1.37 bits per heavy atom. The lowest BCUT2D eigenvalue weighted by Crippen LogP contribution is -1.99. The molecule has 96 valence electrons. The fraction of sp³-hybridized carbons (Fsp3) is 0.357. The molecule has 1 atom stereocenters. The Labute approximate surface area is 110 Å². The number of hydrogen-bond donors (Lipinski definition) is 0. The van der Waals surface area contributed by atoms with Gasteiger partial charge in [-0.05, 0) is 18.1 Å². The molecule has 0 saturated carbocycles. The van der Waals surface area contributed by atoms with Crippen molar-refractivity contribution in [2.24, 2.45) is 0 Å². The molecule has 3 rings (SSSR count). The van der Waals surface area contributed by atoms with E-state index in [1.807, 2.05) is 24.3 Å². The van der Waals surface area contributed by atoms with Crippen LogP contribution in [-0.4, -0.2) is 23.4 Å². The average Bonchev–Trinajstić information content (AvgIpc) is 3.11. The van der Waals surface area contributed by atoms with Crippen molar-refractivity contribution >= 4 is 0 Å². The molecule has 0 aliphatic carbocycles. The first-order chi connectivity index (χ1) is 9.38. The van der Waals surface area contributed by atoms with E-state index in [-0.39, 0.29) is 5.92 Å². The molecule has 1 aliphatic rings. The van der Waals surface area contributed by atoms with E-state index >= 15 is 0 Å². The highest BCUT2D eigenvalue weighted by Crippen LogP contribution is 2.27. The van der Waals surface area contributed by atoms with Gasteiger partial charge in [-0.1, -0.05) is 23.4 Å². The number of nitriles is 1. The van der Waals surface area contributed by atoms with Crippen LogP contribution in [-0.2, 0) is 11.2 Å². The third kappa shape index (κ3) is 2.35. The van der Waals surface area contributed by atoms with Crippen LogP contribution >= 0.6 is 0 Å². The zero-order valence-electron chi connectivity index (χ0n) is 10.4. The summed E-state index contributed by atoms with van der Waals surface area (Å²) < 4.78 is 10.6. The van der Waals surface area contributed by atoms with Crippen LogP contribution in [0.2, 0.25) is 0 Å². The molecule has 19 heavy (non-hydrogen) atoms. The molecule has 1 unspecified atom stereocenters. The summed E-state index contributed by atoms with van der Waals surface area (Å²) in [7, 11) is 0. The topological polar surface area (TPSA) is 71.9 Å². The second-order valence-electron chi connectivity index (χ2n) is 4.51. The van der Waals surface area contributed by atoms with Gasteiger partial charge in [-0.2, -0.15) is 10.2 Å². The molecule has 1 fully saturated rings. The summed E-state index contributed by atoms with van der Waals surface area (Å²) in [5.74, 6) is 1.40. The molecule has 2 heterocycles. The summed E-state index contributed by atoms with van der Waals surface area (Å²) in [6.07, 6.45) is 1.26. The van der Waals surface area contributed by atoms with Gasteiger partial charge in [-0.3, -0.25) is 0 Å². The lowest BCUT2D eigenvalue weighted by Gasteiger charge is -2.01. The van der Waals surface area contributed by atoms with Crippen LogP contribution in [0.5, 0.6) is 0 Å². The maximum atomic E-state index is 8.84. The van der Waals surface area contributed by atoms with Gasteiger partial charge in [0.25, 0.3) is 5.89 Å². The predicted octanol–water partition coefficient (Wildman–Crippen LogP) is 2.31. The highest BCUT2D eigenvalue weighted by atomic mass is 16.5. The van der Waals surface area contributed by atoms with Gasteiger partial charge < -0.3 is 9.26 Å². The van der Waals surface area contributed by atoms with Crippen LogP contribution in [0.3, 0.4) is 0 Å². The van der Waals surface area contributed by atoms with Crippen LogP contribution < -0.4 is 0 Å².